The zero-order chi connectivity index (χ0) is 16.9. The third kappa shape index (κ3) is 3.43. The normalized spacial score (nSPS) is 10.4. The van der Waals surface area contributed by atoms with Crippen LogP contribution < -0.4 is 10.2 Å². The van der Waals surface area contributed by atoms with E-state index in [0.717, 1.165) is 17.9 Å². The molecule has 0 bridgehead atoms. The van der Waals surface area contributed by atoms with Crippen LogP contribution in [0.3, 0.4) is 0 Å². The molecule has 6 nitrogen and oxygen atoms in total. The average molecular weight is 322 g/mol. The van der Waals surface area contributed by atoms with E-state index >= 15 is 0 Å². The molecule has 2 heterocycles. The third-order valence-corrected chi connectivity index (χ3v) is 3.55. The van der Waals surface area contributed by atoms with Gasteiger partial charge in [0.25, 0.3) is 5.91 Å². The van der Waals surface area contributed by atoms with Gasteiger partial charge in [0.2, 0.25) is 0 Å². The minimum atomic E-state index is -0.322. The SMILES string of the molecule is CCN(c1ccccc1)c1ccc(C(=O)Nc2cc(C)on2)nc1. The second-order valence-corrected chi connectivity index (χ2v) is 5.26. The van der Waals surface area contributed by atoms with Gasteiger partial charge in [-0.1, -0.05) is 23.4 Å². The smallest absolute Gasteiger partial charge is 0.275 e. The van der Waals surface area contributed by atoms with Gasteiger partial charge in [-0.3, -0.25) is 4.79 Å². The van der Waals surface area contributed by atoms with Crippen molar-refractivity contribution in [2.24, 2.45) is 0 Å². The highest BCUT2D eigenvalue weighted by molar-refractivity contribution is 6.02. The fourth-order valence-electron chi connectivity index (χ4n) is 2.41. The number of hydrogen-bond acceptors (Lipinski definition) is 5. The van der Waals surface area contributed by atoms with Gasteiger partial charge in [0.05, 0.1) is 11.9 Å². The summed E-state index contributed by atoms with van der Waals surface area (Å²) in [5, 5.41) is 6.39. The molecule has 3 rings (SSSR count). The predicted octanol–water partition coefficient (Wildman–Crippen LogP) is 3.79. The van der Waals surface area contributed by atoms with Gasteiger partial charge in [-0.25, -0.2) is 4.98 Å². The van der Waals surface area contributed by atoms with Crippen molar-refractivity contribution in [2.45, 2.75) is 13.8 Å². The fraction of sp³-hybridized carbons (Fsp3) is 0.167. The Morgan fingerprint density at radius 2 is 1.96 bits per heavy atom. The molecule has 1 N–H and O–H groups in total. The second-order valence-electron chi connectivity index (χ2n) is 5.26. The Balaban J connectivity index is 1.76. The lowest BCUT2D eigenvalue weighted by atomic mass is 10.2. The molecular formula is C18H18N4O2. The van der Waals surface area contributed by atoms with Crippen molar-refractivity contribution in [1.29, 1.82) is 0 Å². The molecule has 24 heavy (non-hydrogen) atoms. The van der Waals surface area contributed by atoms with Gasteiger partial charge in [-0.15, -0.1) is 0 Å². The number of hydrogen-bond donors (Lipinski definition) is 1. The Morgan fingerprint density at radius 3 is 2.54 bits per heavy atom. The number of carbonyl (C=O) groups excluding carboxylic acids is 1. The summed E-state index contributed by atoms with van der Waals surface area (Å²) in [5.41, 5.74) is 2.33. The lowest BCUT2D eigenvalue weighted by molar-refractivity contribution is 0.102. The first-order chi connectivity index (χ1) is 11.7. The molecule has 0 saturated carbocycles. The van der Waals surface area contributed by atoms with E-state index in [2.05, 4.69) is 27.3 Å². The number of rotatable bonds is 5. The summed E-state index contributed by atoms with van der Waals surface area (Å²) < 4.78 is 4.92. The number of nitrogens with zero attached hydrogens (tertiary/aromatic N) is 3. The molecule has 0 aliphatic carbocycles. The van der Waals surface area contributed by atoms with Crippen LogP contribution in [0.2, 0.25) is 0 Å². The number of anilines is 3. The van der Waals surface area contributed by atoms with Crippen LogP contribution in [0, 0.1) is 6.92 Å². The molecular weight excluding hydrogens is 304 g/mol. The van der Waals surface area contributed by atoms with Gasteiger partial charge in [-0.2, -0.15) is 0 Å². The van der Waals surface area contributed by atoms with Crippen molar-refractivity contribution in [3.63, 3.8) is 0 Å². The summed E-state index contributed by atoms with van der Waals surface area (Å²) in [4.78, 5) is 18.6. The van der Waals surface area contributed by atoms with Crippen molar-refractivity contribution in [1.82, 2.24) is 10.1 Å². The summed E-state index contributed by atoms with van der Waals surface area (Å²) in [6.45, 7) is 4.63. The molecule has 0 saturated heterocycles. The second kappa shape index (κ2) is 6.95. The highest BCUT2D eigenvalue weighted by atomic mass is 16.5. The van der Waals surface area contributed by atoms with Gasteiger partial charge in [0.1, 0.15) is 11.5 Å². The Hall–Kier alpha value is -3.15. The Kier molecular flexibility index (Phi) is 4.56. The van der Waals surface area contributed by atoms with Crippen molar-refractivity contribution < 1.29 is 9.32 Å². The highest BCUT2D eigenvalue weighted by Crippen LogP contribution is 2.24. The number of aryl methyl sites for hydroxylation is 1. The van der Waals surface area contributed by atoms with E-state index in [1.807, 2.05) is 36.4 Å². The molecule has 1 amide bonds. The summed E-state index contributed by atoms with van der Waals surface area (Å²) in [6.07, 6.45) is 1.69. The topological polar surface area (TPSA) is 71.3 Å². The number of pyridine rings is 1. The maximum absolute atomic E-state index is 12.2. The molecule has 0 radical (unpaired) electrons. The lowest BCUT2D eigenvalue weighted by Crippen LogP contribution is -2.18. The van der Waals surface area contributed by atoms with Crippen molar-refractivity contribution in [3.05, 3.63) is 66.2 Å². The van der Waals surface area contributed by atoms with E-state index in [9.17, 15) is 4.79 Å². The van der Waals surface area contributed by atoms with E-state index in [4.69, 9.17) is 4.52 Å². The molecule has 0 spiro atoms. The largest absolute Gasteiger partial charge is 0.360 e. The molecule has 0 aliphatic heterocycles. The Bertz CT molecular complexity index is 813. The van der Waals surface area contributed by atoms with Crippen LogP contribution in [0.4, 0.5) is 17.2 Å². The number of benzene rings is 1. The first-order valence-corrected chi connectivity index (χ1v) is 7.70. The summed E-state index contributed by atoms with van der Waals surface area (Å²) >= 11 is 0. The highest BCUT2D eigenvalue weighted by Gasteiger charge is 2.12. The van der Waals surface area contributed by atoms with E-state index in [1.165, 1.54) is 0 Å². The maximum atomic E-state index is 12.2. The van der Waals surface area contributed by atoms with E-state index < -0.39 is 0 Å². The van der Waals surface area contributed by atoms with E-state index in [1.54, 1.807) is 25.3 Å². The van der Waals surface area contributed by atoms with Crippen LogP contribution >= 0.6 is 0 Å². The predicted molar refractivity (Wildman–Crippen MR) is 92.6 cm³/mol. The first kappa shape index (κ1) is 15.7. The molecule has 0 atom stereocenters. The van der Waals surface area contributed by atoms with Gasteiger partial charge >= 0.3 is 0 Å². The minimum absolute atomic E-state index is 0.322. The van der Waals surface area contributed by atoms with Crippen molar-refractivity contribution >= 4 is 23.1 Å². The van der Waals surface area contributed by atoms with Crippen LogP contribution in [0.25, 0.3) is 0 Å². The quantitative estimate of drug-likeness (QED) is 0.774. The van der Waals surface area contributed by atoms with Gasteiger partial charge in [-0.05, 0) is 38.1 Å². The number of nitrogens with one attached hydrogen (secondary N) is 1. The van der Waals surface area contributed by atoms with E-state index in [-0.39, 0.29) is 5.91 Å². The molecule has 122 valence electrons. The Labute approximate surface area is 140 Å². The van der Waals surface area contributed by atoms with Gasteiger partial charge in [0.15, 0.2) is 5.82 Å². The number of carbonyl (C=O) groups is 1. The number of amides is 1. The molecule has 1 aromatic carbocycles. The Morgan fingerprint density at radius 1 is 1.17 bits per heavy atom. The first-order valence-electron chi connectivity index (χ1n) is 7.70. The monoisotopic (exact) mass is 322 g/mol. The van der Waals surface area contributed by atoms with Crippen LogP contribution in [-0.2, 0) is 0 Å². The van der Waals surface area contributed by atoms with Crippen molar-refractivity contribution in [3.8, 4) is 0 Å². The maximum Gasteiger partial charge on any atom is 0.275 e. The minimum Gasteiger partial charge on any atom is -0.360 e. The van der Waals surface area contributed by atoms with Gasteiger partial charge < -0.3 is 14.7 Å². The summed E-state index contributed by atoms with van der Waals surface area (Å²) in [7, 11) is 0. The number of aromatic nitrogens is 2. The van der Waals surface area contributed by atoms with E-state index in [0.29, 0.717) is 17.3 Å². The number of para-hydroxylation sites is 1. The van der Waals surface area contributed by atoms with Crippen LogP contribution in [0.15, 0.2) is 59.3 Å². The molecule has 3 aromatic rings. The van der Waals surface area contributed by atoms with Crippen LogP contribution in [0.5, 0.6) is 0 Å². The molecule has 0 aliphatic rings. The summed E-state index contributed by atoms with van der Waals surface area (Å²) in [5.74, 6) is 0.690. The molecule has 0 unspecified atom stereocenters. The van der Waals surface area contributed by atoms with Crippen LogP contribution in [0.1, 0.15) is 23.2 Å². The third-order valence-electron chi connectivity index (χ3n) is 3.55. The zero-order valence-electron chi connectivity index (χ0n) is 13.6. The standard InChI is InChI=1S/C18H18N4O2/c1-3-22(14-7-5-4-6-8-14)15-9-10-16(19-12-15)18(23)20-17-11-13(2)24-21-17/h4-12H,3H2,1-2H3,(H,20,21,23). The lowest BCUT2D eigenvalue weighted by Gasteiger charge is -2.22. The molecule has 0 fully saturated rings. The van der Waals surface area contributed by atoms with Crippen molar-refractivity contribution in [2.75, 3.05) is 16.8 Å². The molecule has 6 heteroatoms. The zero-order valence-corrected chi connectivity index (χ0v) is 13.6. The van der Waals surface area contributed by atoms with Gasteiger partial charge in [0, 0.05) is 18.3 Å². The van der Waals surface area contributed by atoms with Crippen LogP contribution in [-0.4, -0.2) is 22.6 Å². The summed E-state index contributed by atoms with van der Waals surface area (Å²) in [6, 6.07) is 15.3. The average Bonchev–Trinajstić information content (AvgIpc) is 3.02. The fourth-order valence-corrected chi connectivity index (χ4v) is 2.41. The molecule has 2 aromatic heterocycles.